The van der Waals surface area contributed by atoms with E-state index in [9.17, 15) is 23.2 Å². The van der Waals surface area contributed by atoms with Crippen LogP contribution in [-0.4, -0.2) is 28.5 Å². The Morgan fingerprint density at radius 3 is 2.52 bits per heavy atom. The lowest BCUT2D eigenvalue weighted by molar-refractivity contribution is -0.132. The molecule has 1 atom stereocenters. The number of hydrazine groups is 1. The van der Waals surface area contributed by atoms with Crippen LogP contribution in [0.25, 0.3) is 0 Å². The van der Waals surface area contributed by atoms with E-state index in [1.807, 2.05) is 0 Å². The monoisotopic (exact) mass is 466 g/mol. The molecule has 1 aliphatic rings. The summed E-state index contributed by atoms with van der Waals surface area (Å²) < 4.78 is 27.3. The van der Waals surface area contributed by atoms with E-state index >= 15 is 0 Å². The molecule has 5 amide bonds. The van der Waals surface area contributed by atoms with Crippen molar-refractivity contribution in [1.29, 1.82) is 0 Å². The Hall–Kier alpha value is -3.01. The summed E-state index contributed by atoms with van der Waals surface area (Å²) in [7, 11) is 0. The molecule has 0 aliphatic carbocycles. The van der Waals surface area contributed by atoms with Gasteiger partial charge in [0.05, 0.1) is 5.69 Å². The van der Waals surface area contributed by atoms with Gasteiger partial charge in [-0.2, -0.15) is 5.01 Å². The first-order valence-electron chi connectivity index (χ1n) is 8.62. The predicted molar refractivity (Wildman–Crippen MR) is 105 cm³/mol. The minimum absolute atomic E-state index is 0.114. The first kappa shape index (κ1) is 20.7. The average molecular weight is 467 g/mol. The molecule has 3 rings (SSSR count). The van der Waals surface area contributed by atoms with Gasteiger partial charge in [0, 0.05) is 4.47 Å². The second kappa shape index (κ2) is 8.16. The molecular formula is C19H17BrF2N4O3. The van der Waals surface area contributed by atoms with Crippen LogP contribution in [0.5, 0.6) is 0 Å². The highest BCUT2D eigenvalue weighted by Gasteiger charge is 2.48. The van der Waals surface area contributed by atoms with Crippen molar-refractivity contribution in [3.63, 3.8) is 0 Å². The number of carbonyl (C=O) groups is 3. The Bertz CT molecular complexity index is 970. The molecule has 152 valence electrons. The van der Waals surface area contributed by atoms with Crippen LogP contribution in [-0.2, 0) is 11.2 Å². The Morgan fingerprint density at radius 2 is 1.86 bits per heavy atom. The van der Waals surface area contributed by atoms with E-state index < -0.39 is 29.3 Å². The number of hydrogen-bond acceptors (Lipinski definition) is 3. The topological polar surface area (TPSA) is 90.5 Å². The van der Waals surface area contributed by atoms with Crippen molar-refractivity contribution < 1.29 is 23.2 Å². The summed E-state index contributed by atoms with van der Waals surface area (Å²) in [6.45, 7) is 1.53. The molecule has 0 bridgehead atoms. The molecule has 1 fully saturated rings. The molecule has 0 unspecified atom stereocenters. The highest BCUT2D eigenvalue weighted by molar-refractivity contribution is 9.10. The third-order valence-electron chi connectivity index (χ3n) is 4.48. The first-order valence-corrected chi connectivity index (χ1v) is 9.41. The number of halogens is 3. The summed E-state index contributed by atoms with van der Waals surface area (Å²) in [4.78, 5) is 37.0. The van der Waals surface area contributed by atoms with Gasteiger partial charge in [-0.05, 0) is 55.7 Å². The lowest BCUT2D eigenvalue weighted by Crippen LogP contribution is -2.50. The minimum atomic E-state index is -1.25. The number of carbonyl (C=O) groups excluding carboxylic acids is 3. The number of hydrogen-bond donors (Lipinski definition) is 3. The standard InChI is InChI=1S/C19H17BrF2N4O3/c1-19(9-8-11-2-5-13(21)6-3-11)16(27)26(18(29)24-19)25-17(28)23-15-7-4-12(20)10-14(15)22/h2-7,10H,8-9H2,1H3,(H,24,29)(H2,23,25,28)/t19-/m0/s1. The zero-order valence-corrected chi connectivity index (χ0v) is 16.8. The smallest absolute Gasteiger partial charge is 0.322 e. The van der Waals surface area contributed by atoms with Gasteiger partial charge in [0.25, 0.3) is 5.91 Å². The lowest BCUT2D eigenvalue weighted by atomic mass is 9.93. The molecule has 2 aromatic rings. The van der Waals surface area contributed by atoms with Gasteiger partial charge in [0.15, 0.2) is 0 Å². The lowest BCUT2D eigenvalue weighted by Gasteiger charge is -2.21. The van der Waals surface area contributed by atoms with Crippen LogP contribution < -0.4 is 16.1 Å². The van der Waals surface area contributed by atoms with Crippen LogP contribution in [0.15, 0.2) is 46.9 Å². The van der Waals surface area contributed by atoms with E-state index in [-0.39, 0.29) is 17.9 Å². The quantitative estimate of drug-likeness (QED) is 0.586. The third-order valence-corrected chi connectivity index (χ3v) is 4.97. The molecule has 10 heteroatoms. The van der Waals surface area contributed by atoms with Gasteiger partial charge in [-0.25, -0.2) is 23.8 Å². The maximum absolute atomic E-state index is 13.8. The highest BCUT2D eigenvalue weighted by Crippen LogP contribution is 2.23. The number of amides is 5. The maximum atomic E-state index is 13.8. The molecule has 7 nitrogen and oxygen atoms in total. The zero-order chi connectivity index (χ0) is 21.2. The van der Waals surface area contributed by atoms with Crippen molar-refractivity contribution in [3.05, 3.63) is 64.1 Å². The molecule has 1 heterocycles. The predicted octanol–water partition coefficient (Wildman–Crippen LogP) is 3.71. The van der Waals surface area contributed by atoms with Crippen LogP contribution in [0.4, 0.5) is 24.1 Å². The second-order valence-corrected chi connectivity index (χ2v) is 7.64. The molecule has 2 aromatic carbocycles. The van der Waals surface area contributed by atoms with E-state index in [2.05, 4.69) is 32.0 Å². The van der Waals surface area contributed by atoms with Crippen LogP contribution in [0.2, 0.25) is 0 Å². The minimum Gasteiger partial charge on any atom is -0.322 e. The molecular weight excluding hydrogens is 450 g/mol. The Balaban J connectivity index is 1.63. The third kappa shape index (κ3) is 4.70. The molecule has 3 N–H and O–H groups in total. The zero-order valence-electron chi connectivity index (χ0n) is 15.3. The second-order valence-electron chi connectivity index (χ2n) is 6.72. The van der Waals surface area contributed by atoms with Crippen molar-refractivity contribution in [1.82, 2.24) is 15.8 Å². The van der Waals surface area contributed by atoms with E-state index in [1.165, 1.54) is 31.2 Å². The Morgan fingerprint density at radius 1 is 1.17 bits per heavy atom. The average Bonchev–Trinajstić information content (AvgIpc) is 2.87. The SMILES string of the molecule is C[C@@]1(CCc2ccc(F)cc2)NC(=O)N(NC(=O)Nc2ccc(Br)cc2F)C1=O. The van der Waals surface area contributed by atoms with Gasteiger partial charge in [-0.3, -0.25) is 4.79 Å². The van der Waals surface area contributed by atoms with Crippen molar-refractivity contribution in [2.75, 3.05) is 5.32 Å². The maximum Gasteiger partial charge on any atom is 0.344 e. The summed E-state index contributed by atoms with van der Waals surface area (Å²) in [5, 5.41) is 5.33. The van der Waals surface area contributed by atoms with Gasteiger partial charge in [-0.15, -0.1) is 0 Å². The van der Waals surface area contributed by atoms with Gasteiger partial charge >= 0.3 is 12.1 Å². The molecule has 1 saturated heterocycles. The van der Waals surface area contributed by atoms with Crippen molar-refractivity contribution in [3.8, 4) is 0 Å². The fourth-order valence-corrected chi connectivity index (χ4v) is 3.18. The van der Waals surface area contributed by atoms with E-state index in [4.69, 9.17) is 0 Å². The summed E-state index contributed by atoms with van der Waals surface area (Å²) in [5.74, 6) is -1.71. The number of rotatable bonds is 5. The molecule has 0 aromatic heterocycles. The van der Waals surface area contributed by atoms with Crippen LogP contribution in [0, 0.1) is 11.6 Å². The number of imide groups is 1. The van der Waals surface area contributed by atoms with Crippen molar-refractivity contribution in [2.24, 2.45) is 0 Å². The number of aryl methyl sites for hydroxylation is 1. The summed E-state index contributed by atoms with van der Waals surface area (Å²) in [5.41, 5.74) is 1.56. The largest absolute Gasteiger partial charge is 0.344 e. The fraction of sp³-hybridized carbons (Fsp3) is 0.211. The van der Waals surface area contributed by atoms with Crippen LogP contribution >= 0.6 is 15.9 Å². The van der Waals surface area contributed by atoms with Gasteiger partial charge in [0.2, 0.25) is 0 Å². The van der Waals surface area contributed by atoms with Crippen LogP contribution in [0.3, 0.4) is 0 Å². The Kier molecular flexibility index (Phi) is 5.83. The van der Waals surface area contributed by atoms with E-state index in [0.29, 0.717) is 15.9 Å². The van der Waals surface area contributed by atoms with Crippen molar-refractivity contribution in [2.45, 2.75) is 25.3 Å². The fourth-order valence-electron chi connectivity index (χ4n) is 2.84. The van der Waals surface area contributed by atoms with Gasteiger partial charge in [0.1, 0.15) is 17.2 Å². The van der Waals surface area contributed by atoms with E-state index in [1.54, 1.807) is 12.1 Å². The molecule has 0 radical (unpaired) electrons. The molecule has 29 heavy (non-hydrogen) atoms. The number of nitrogens with zero attached hydrogens (tertiary/aromatic N) is 1. The summed E-state index contributed by atoms with van der Waals surface area (Å²) in [6, 6.07) is 8.08. The van der Waals surface area contributed by atoms with Crippen LogP contribution in [0.1, 0.15) is 18.9 Å². The molecule has 0 spiro atoms. The van der Waals surface area contributed by atoms with Gasteiger partial charge < -0.3 is 10.6 Å². The van der Waals surface area contributed by atoms with Gasteiger partial charge in [-0.1, -0.05) is 28.1 Å². The molecule has 1 aliphatic heterocycles. The number of benzene rings is 2. The van der Waals surface area contributed by atoms with Crippen molar-refractivity contribution >= 4 is 39.6 Å². The number of anilines is 1. The summed E-state index contributed by atoms with van der Waals surface area (Å²) in [6.07, 6.45) is 0.650. The van der Waals surface area contributed by atoms with E-state index in [0.717, 1.165) is 11.6 Å². The normalized spacial score (nSPS) is 18.6. The highest BCUT2D eigenvalue weighted by atomic mass is 79.9. The number of urea groups is 2. The summed E-state index contributed by atoms with van der Waals surface area (Å²) >= 11 is 3.10. The Labute approximate surface area is 173 Å². The number of nitrogens with one attached hydrogen (secondary N) is 3. The molecule has 0 saturated carbocycles. The first-order chi connectivity index (χ1) is 13.7.